The summed E-state index contributed by atoms with van der Waals surface area (Å²) in [6.45, 7) is 2.20. The standard InChI is InChI=1S/C16H19NO3S/c1-19-14-5-6-15(20-2)16-12(14)9-17(10-13(16)18)8-11-4-3-7-21-11/h3-7,13,18H,8-10H2,1-2H3. The fraction of sp³-hybridized carbons (Fsp3) is 0.375. The van der Waals surface area contributed by atoms with Crippen LogP contribution in [0.5, 0.6) is 11.5 Å². The zero-order chi connectivity index (χ0) is 14.8. The summed E-state index contributed by atoms with van der Waals surface area (Å²) in [5, 5.41) is 12.6. The van der Waals surface area contributed by atoms with Crippen molar-refractivity contribution in [2.75, 3.05) is 20.8 Å². The van der Waals surface area contributed by atoms with Crippen molar-refractivity contribution in [3.05, 3.63) is 45.6 Å². The van der Waals surface area contributed by atoms with Gasteiger partial charge in [-0.1, -0.05) is 6.07 Å². The average molecular weight is 305 g/mol. The molecule has 3 rings (SSSR count). The molecule has 1 aromatic carbocycles. The van der Waals surface area contributed by atoms with Crippen molar-refractivity contribution >= 4 is 11.3 Å². The largest absolute Gasteiger partial charge is 0.496 e. The predicted molar refractivity (Wildman–Crippen MR) is 82.9 cm³/mol. The molecular formula is C16H19NO3S. The highest BCUT2D eigenvalue weighted by Gasteiger charge is 2.29. The Hall–Kier alpha value is -1.56. The second-order valence-corrected chi connectivity index (χ2v) is 6.16. The van der Waals surface area contributed by atoms with Crippen molar-refractivity contribution in [1.82, 2.24) is 4.90 Å². The molecule has 0 bridgehead atoms. The van der Waals surface area contributed by atoms with Crippen LogP contribution >= 0.6 is 11.3 Å². The monoisotopic (exact) mass is 305 g/mol. The van der Waals surface area contributed by atoms with Gasteiger partial charge in [0.1, 0.15) is 11.5 Å². The SMILES string of the molecule is COc1ccc(OC)c2c1CN(Cc1cccs1)CC2O. The summed E-state index contributed by atoms with van der Waals surface area (Å²) >= 11 is 1.74. The third kappa shape index (κ3) is 2.77. The van der Waals surface area contributed by atoms with E-state index in [0.717, 1.165) is 35.7 Å². The Bertz CT molecular complexity index is 612. The Morgan fingerprint density at radius 2 is 2.00 bits per heavy atom. The van der Waals surface area contributed by atoms with Crippen LogP contribution in [0.3, 0.4) is 0 Å². The Labute approximate surface area is 128 Å². The second-order valence-electron chi connectivity index (χ2n) is 5.13. The minimum atomic E-state index is -0.557. The molecule has 0 fully saturated rings. The first kappa shape index (κ1) is 14.4. The van der Waals surface area contributed by atoms with Gasteiger partial charge in [-0.3, -0.25) is 4.90 Å². The van der Waals surface area contributed by atoms with Gasteiger partial charge in [-0.25, -0.2) is 0 Å². The van der Waals surface area contributed by atoms with Crippen LogP contribution < -0.4 is 9.47 Å². The zero-order valence-electron chi connectivity index (χ0n) is 12.2. The molecule has 0 amide bonds. The molecule has 5 heteroatoms. The number of fused-ring (bicyclic) bond motifs is 1. The molecule has 0 spiro atoms. The summed E-state index contributed by atoms with van der Waals surface area (Å²) in [4.78, 5) is 3.54. The highest BCUT2D eigenvalue weighted by atomic mass is 32.1. The summed E-state index contributed by atoms with van der Waals surface area (Å²) in [5.74, 6) is 1.54. The molecule has 1 atom stereocenters. The Morgan fingerprint density at radius 3 is 2.67 bits per heavy atom. The van der Waals surface area contributed by atoms with Gasteiger partial charge in [0.15, 0.2) is 0 Å². The second kappa shape index (κ2) is 6.05. The molecule has 4 nitrogen and oxygen atoms in total. The van der Waals surface area contributed by atoms with Gasteiger partial charge in [-0.05, 0) is 23.6 Å². The van der Waals surface area contributed by atoms with Crippen LogP contribution in [-0.4, -0.2) is 30.8 Å². The Kier molecular flexibility index (Phi) is 4.14. The third-order valence-electron chi connectivity index (χ3n) is 3.82. The van der Waals surface area contributed by atoms with Crippen molar-refractivity contribution in [2.24, 2.45) is 0 Å². The van der Waals surface area contributed by atoms with Crippen LogP contribution in [0.2, 0.25) is 0 Å². The molecule has 1 N–H and O–H groups in total. The van der Waals surface area contributed by atoms with Crippen molar-refractivity contribution in [2.45, 2.75) is 19.2 Å². The maximum absolute atomic E-state index is 10.5. The number of benzene rings is 1. The number of ether oxygens (including phenoxy) is 2. The van der Waals surface area contributed by atoms with Gasteiger partial charge >= 0.3 is 0 Å². The molecular weight excluding hydrogens is 286 g/mol. The van der Waals surface area contributed by atoms with Crippen molar-refractivity contribution in [1.29, 1.82) is 0 Å². The lowest BCUT2D eigenvalue weighted by Gasteiger charge is -2.33. The number of nitrogens with zero attached hydrogens (tertiary/aromatic N) is 1. The van der Waals surface area contributed by atoms with Gasteiger partial charge in [-0.15, -0.1) is 11.3 Å². The van der Waals surface area contributed by atoms with E-state index in [2.05, 4.69) is 22.4 Å². The van der Waals surface area contributed by atoms with Gasteiger partial charge < -0.3 is 14.6 Å². The van der Waals surface area contributed by atoms with E-state index in [1.165, 1.54) is 4.88 Å². The lowest BCUT2D eigenvalue weighted by atomic mass is 9.95. The number of methoxy groups -OCH3 is 2. The molecule has 2 heterocycles. The molecule has 21 heavy (non-hydrogen) atoms. The predicted octanol–water partition coefficient (Wildman–Crippen LogP) is 2.81. The number of β-amino-alcohol motifs (C(OH)–C–C–N with tert-alkyl or cyclic N) is 1. The minimum Gasteiger partial charge on any atom is -0.496 e. The first-order valence-corrected chi connectivity index (χ1v) is 7.77. The minimum absolute atomic E-state index is 0.557. The van der Waals surface area contributed by atoms with E-state index >= 15 is 0 Å². The first-order chi connectivity index (χ1) is 10.2. The van der Waals surface area contributed by atoms with Crippen LogP contribution in [-0.2, 0) is 13.1 Å². The van der Waals surface area contributed by atoms with E-state index in [0.29, 0.717) is 6.54 Å². The van der Waals surface area contributed by atoms with Gasteiger partial charge in [0.25, 0.3) is 0 Å². The maximum Gasteiger partial charge on any atom is 0.125 e. The summed E-state index contributed by atoms with van der Waals surface area (Å²) in [6.07, 6.45) is -0.557. The number of thiophene rings is 1. The average Bonchev–Trinajstić information content (AvgIpc) is 2.99. The van der Waals surface area contributed by atoms with Gasteiger partial charge in [0, 0.05) is 35.6 Å². The summed E-state index contributed by atoms with van der Waals surface area (Å²) in [6, 6.07) is 7.93. The van der Waals surface area contributed by atoms with E-state index in [-0.39, 0.29) is 0 Å². The number of hydrogen-bond donors (Lipinski definition) is 1. The van der Waals surface area contributed by atoms with Crippen molar-refractivity contribution in [3.63, 3.8) is 0 Å². The summed E-state index contributed by atoms with van der Waals surface area (Å²) < 4.78 is 10.8. The first-order valence-electron chi connectivity index (χ1n) is 6.89. The highest BCUT2D eigenvalue weighted by Crippen LogP contribution is 2.39. The third-order valence-corrected chi connectivity index (χ3v) is 4.68. The number of rotatable bonds is 4. The quantitative estimate of drug-likeness (QED) is 0.943. The van der Waals surface area contributed by atoms with E-state index in [1.54, 1.807) is 25.6 Å². The molecule has 1 aromatic heterocycles. The lowest BCUT2D eigenvalue weighted by Crippen LogP contribution is -2.33. The highest BCUT2D eigenvalue weighted by molar-refractivity contribution is 7.09. The normalized spacial score (nSPS) is 18.3. The fourth-order valence-electron chi connectivity index (χ4n) is 2.89. The van der Waals surface area contributed by atoms with E-state index in [9.17, 15) is 5.11 Å². The topological polar surface area (TPSA) is 41.9 Å². The molecule has 2 aromatic rings. The number of aliphatic hydroxyl groups excluding tert-OH is 1. The van der Waals surface area contributed by atoms with Gasteiger partial charge in [0.2, 0.25) is 0 Å². The number of hydrogen-bond acceptors (Lipinski definition) is 5. The molecule has 0 saturated carbocycles. The summed E-state index contributed by atoms with van der Waals surface area (Å²) in [5.41, 5.74) is 1.88. The Morgan fingerprint density at radius 1 is 1.24 bits per heavy atom. The molecule has 1 aliphatic heterocycles. The fourth-order valence-corrected chi connectivity index (χ4v) is 3.63. The van der Waals surface area contributed by atoms with Crippen LogP contribution in [0, 0.1) is 0 Å². The molecule has 0 aliphatic carbocycles. The van der Waals surface area contributed by atoms with Crippen molar-refractivity contribution < 1.29 is 14.6 Å². The molecule has 1 unspecified atom stereocenters. The van der Waals surface area contributed by atoms with E-state index < -0.39 is 6.10 Å². The summed E-state index contributed by atoms with van der Waals surface area (Å²) in [7, 11) is 3.29. The molecule has 112 valence electrons. The van der Waals surface area contributed by atoms with E-state index in [1.807, 2.05) is 12.1 Å². The van der Waals surface area contributed by atoms with Crippen LogP contribution in [0.15, 0.2) is 29.6 Å². The van der Waals surface area contributed by atoms with Crippen LogP contribution in [0.25, 0.3) is 0 Å². The van der Waals surface area contributed by atoms with Crippen molar-refractivity contribution in [3.8, 4) is 11.5 Å². The molecule has 0 radical (unpaired) electrons. The maximum atomic E-state index is 10.5. The Balaban J connectivity index is 1.92. The van der Waals surface area contributed by atoms with Crippen LogP contribution in [0.1, 0.15) is 22.1 Å². The lowest BCUT2D eigenvalue weighted by molar-refractivity contribution is 0.0849. The van der Waals surface area contributed by atoms with E-state index in [4.69, 9.17) is 9.47 Å². The molecule has 1 aliphatic rings. The zero-order valence-corrected chi connectivity index (χ0v) is 13.0. The smallest absolute Gasteiger partial charge is 0.125 e. The van der Waals surface area contributed by atoms with Gasteiger partial charge in [0.05, 0.1) is 20.3 Å². The van der Waals surface area contributed by atoms with Gasteiger partial charge in [-0.2, -0.15) is 0 Å². The molecule has 0 saturated heterocycles. The van der Waals surface area contributed by atoms with Crippen LogP contribution in [0.4, 0.5) is 0 Å². The number of aliphatic hydroxyl groups is 1.